The molecule has 0 radical (unpaired) electrons. The van der Waals surface area contributed by atoms with Gasteiger partial charge in [0, 0.05) is 31.6 Å². The monoisotopic (exact) mass is 601 g/mol. The van der Waals surface area contributed by atoms with E-state index in [2.05, 4.69) is 168 Å². The standard InChI is InChI=1S/C44H27NS/c1-2-8-33-27-41-38(25-32(33)7-1)36-11-3-4-13-40(36)45(41)35-22-19-29(20-23-35)28-15-17-30(18-16-28)34-21-24-42-39(26-34)37-12-5-9-31-10-6-14-43(46-42)44(31)37/h1-27H. The van der Waals surface area contributed by atoms with Crippen LogP contribution in [-0.2, 0) is 0 Å². The number of hydrogen-bond donors (Lipinski definition) is 0. The Bertz CT molecular complexity index is 2640. The fourth-order valence-electron chi connectivity index (χ4n) is 7.33. The van der Waals surface area contributed by atoms with Gasteiger partial charge >= 0.3 is 0 Å². The van der Waals surface area contributed by atoms with Gasteiger partial charge in [0.15, 0.2) is 0 Å². The van der Waals surface area contributed by atoms with Crippen molar-refractivity contribution in [2.24, 2.45) is 0 Å². The molecule has 2 heteroatoms. The van der Waals surface area contributed by atoms with Gasteiger partial charge in [0.2, 0.25) is 0 Å². The summed E-state index contributed by atoms with van der Waals surface area (Å²) < 4.78 is 2.40. The average Bonchev–Trinajstić information content (AvgIpc) is 3.44. The van der Waals surface area contributed by atoms with E-state index < -0.39 is 0 Å². The van der Waals surface area contributed by atoms with Crippen LogP contribution in [0.1, 0.15) is 0 Å². The van der Waals surface area contributed by atoms with E-state index in [1.54, 1.807) is 0 Å². The maximum atomic E-state index is 2.40. The second-order valence-corrected chi connectivity index (χ2v) is 13.2. The Morgan fingerprint density at radius 2 is 1.00 bits per heavy atom. The first-order chi connectivity index (χ1) is 22.8. The molecule has 0 spiro atoms. The number of benzene rings is 8. The van der Waals surface area contributed by atoms with Gasteiger partial charge in [-0.25, -0.2) is 0 Å². The van der Waals surface area contributed by atoms with E-state index in [9.17, 15) is 0 Å². The first-order valence-corrected chi connectivity index (χ1v) is 16.6. The van der Waals surface area contributed by atoms with Gasteiger partial charge < -0.3 is 4.57 Å². The van der Waals surface area contributed by atoms with Crippen molar-refractivity contribution in [2.45, 2.75) is 9.79 Å². The summed E-state index contributed by atoms with van der Waals surface area (Å²) in [6.07, 6.45) is 0. The molecule has 0 saturated heterocycles. The van der Waals surface area contributed by atoms with Crippen LogP contribution in [0.25, 0.3) is 82.4 Å². The molecule has 0 bridgehead atoms. The summed E-state index contributed by atoms with van der Waals surface area (Å²) in [5.74, 6) is 0. The highest BCUT2D eigenvalue weighted by molar-refractivity contribution is 7.99. The third kappa shape index (κ3) is 3.90. The smallest absolute Gasteiger partial charge is 0.0547 e. The molecule has 0 saturated carbocycles. The second kappa shape index (κ2) is 9.97. The molecule has 46 heavy (non-hydrogen) atoms. The minimum Gasteiger partial charge on any atom is -0.309 e. The van der Waals surface area contributed by atoms with E-state index in [0.29, 0.717) is 0 Å². The lowest BCUT2D eigenvalue weighted by molar-refractivity contribution is 1.18. The predicted molar refractivity (Wildman–Crippen MR) is 196 cm³/mol. The van der Waals surface area contributed by atoms with Gasteiger partial charge in [0.1, 0.15) is 0 Å². The summed E-state index contributed by atoms with van der Waals surface area (Å²) in [5, 5.41) is 7.78. The van der Waals surface area contributed by atoms with Crippen LogP contribution in [0.3, 0.4) is 0 Å². The normalized spacial score (nSPS) is 12.3. The van der Waals surface area contributed by atoms with Crippen LogP contribution in [0.2, 0.25) is 0 Å². The molecule has 0 atom stereocenters. The molecule has 1 aliphatic heterocycles. The number of rotatable bonds is 3. The molecular formula is C44H27NS. The number of fused-ring (bicyclic) bond motifs is 6. The molecule has 1 nitrogen and oxygen atoms in total. The van der Waals surface area contributed by atoms with Gasteiger partial charge in [-0.2, -0.15) is 0 Å². The summed E-state index contributed by atoms with van der Waals surface area (Å²) >= 11 is 1.88. The lowest BCUT2D eigenvalue weighted by Gasteiger charge is -2.21. The summed E-state index contributed by atoms with van der Waals surface area (Å²) in [7, 11) is 0. The third-order valence-electron chi connectivity index (χ3n) is 9.57. The third-order valence-corrected chi connectivity index (χ3v) is 10.7. The summed E-state index contributed by atoms with van der Waals surface area (Å²) in [6, 6.07) is 60.2. The summed E-state index contributed by atoms with van der Waals surface area (Å²) in [5.41, 5.74) is 11.2. The average molecular weight is 602 g/mol. The molecule has 0 unspecified atom stereocenters. The van der Waals surface area contributed by atoms with E-state index in [4.69, 9.17) is 0 Å². The molecule has 0 amide bonds. The Morgan fingerprint density at radius 1 is 0.370 bits per heavy atom. The zero-order valence-electron chi connectivity index (χ0n) is 24.9. The fraction of sp³-hybridized carbons (Fsp3) is 0. The molecule has 0 aliphatic carbocycles. The predicted octanol–water partition coefficient (Wildman–Crippen LogP) is 12.6. The Morgan fingerprint density at radius 3 is 1.80 bits per heavy atom. The molecular weight excluding hydrogens is 575 g/mol. The van der Waals surface area contributed by atoms with Crippen LogP contribution in [-0.4, -0.2) is 4.57 Å². The maximum Gasteiger partial charge on any atom is 0.0547 e. The van der Waals surface area contributed by atoms with Crippen molar-refractivity contribution in [3.63, 3.8) is 0 Å². The lowest BCUT2D eigenvalue weighted by atomic mass is 9.94. The quantitative estimate of drug-likeness (QED) is 0.195. The number of hydrogen-bond acceptors (Lipinski definition) is 1. The Labute approximate surface area is 271 Å². The van der Waals surface area contributed by atoms with Crippen molar-refractivity contribution in [1.82, 2.24) is 4.57 Å². The molecule has 214 valence electrons. The van der Waals surface area contributed by atoms with Gasteiger partial charge in [-0.1, -0.05) is 127 Å². The Hall–Kier alpha value is -5.57. The topological polar surface area (TPSA) is 4.93 Å². The highest BCUT2D eigenvalue weighted by Crippen LogP contribution is 2.48. The fourth-order valence-corrected chi connectivity index (χ4v) is 8.46. The van der Waals surface area contributed by atoms with E-state index in [1.807, 2.05) is 11.8 Å². The van der Waals surface area contributed by atoms with E-state index in [-0.39, 0.29) is 0 Å². The van der Waals surface area contributed by atoms with Gasteiger partial charge in [0.25, 0.3) is 0 Å². The molecule has 2 heterocycles. The van der Waals surface area contributed by atoms with Crippen molar-refractivity contribution in [1.29, 1.82) is 0 Å². The number of aromatic nitrogens is 1. The van der Waals surface area contributed by atoms with Crippen LogP contribution in [0.4, 0.5) is 0 Å². The molecule has 1 aliphatic rings. The van der Waals surface area contributed by atoms with Gasteiger partial charge in [0.05, 0.1) is 11.0 Å². The van der Waals surface area contributed by atoms with Crippen molar-refractivity contribution >= 4 is 55.1 Å². The minimum atomic E-state index is 1.17. The highest BCUT2D eigenvalue weighted by Gasteiger charge is 2.19. The Kier molecular flexibility index (Phi) is 5.58. The first-order valence-electron chi connectivity index (χ1n) is 15.8. The van der Waals surface area contributed by atoms with Crippen LogP contribution in [0.15, 0.2) is 174 Å². The minimum absolute atomic E-state index is 1.17. The van der Waals surface area contributed by atoms with Crippen LogP contribution in [0.5, 0.6) is 0 Å². The molecule has 10 rings (SSSR count). The van der Waals surface area contributed by atoms with Crippen molar-refractivity contribution in [3.05, 3.63) is 164 Å². The van der Waals surface area contributed by atoms with Crippen molar-refractivity contribution in [2.75, 3.05) is 0 Å². The number of para-hydroxylation sites is 1. The molecule has 1 aromatic heterocycles. The van der Waals surface area contributed by atoms with E-state index >= 15 is 0 Å². The maximum absolute atomic E-state index is 2.40. The molecule has 0 N–H and O–H groups in total. The van der Waals surface area contributed by atoms with E-state index in [0.717, 1.165) is 0 Å². The zero-order valence-corrected chi connectivity index (χ0v) is 25.8. The summed E-state index contributed by atoms with van der Waals surface area (Å²) in [4.78, 5) is 2.67. The first kappa shape index (κ1) is 25.7. The van der Waals surface area contributed by atoms with E-state index in [1.165, 1.54) is 92.2 Å². The van der Waals surface area contributed by atoms with Crippen LogP contribution in [0, 0.1) is 0 Å². The SMILES string of the molecule is c1ccc2cc3c(cc2c1)c1ccccc1n3-c1ccc(-c2ccc(-c3ccc4c(c3)-c3cccc5cccc(c35)S4)cc2)cc1. The highest BCUT2D eigenvalue weighted by atomic mass is 32.2. The van der Waals surface area contributed by atoms with Crippen molar-refractivity contribution < 1.29 is 0 Å². The van der Waals surface area contributed by atoms with Crippen LogP contribution < -0.4 is 0 Å². The lowest BCUT2D eigenvalue weighted by Crippen LogP contribution is -1.94. The van der Waals surface area contributed by atoms with Crippen molar-refractivity contribution in [3.8, 4) is 39.1 Å². The van der Waals surface area contributed by atoms with Crippen LogP contribution >= 0.6 is 11.8 Å². The van der Waals surface area contributed by atoms with Gasteiger partial charge in [-0.3, -0.25) is 0 Å². The van der Waals surface area contributed by atoms with Gasteiger partial charge in [-0.15, -0.1) is 0 Å². The summed E-state index contributed by atoms with van der Waals surface area (Å²) in [6.45, 7) is 0. The zero-order chi connectivity index (χ0) is 30.2. The molecule has 0 fully saturated rings. The largest absolute Gasteiger partial charge is 0.309 e. The molecule has 8 aromatic carbocycles. The Balaban J connectivity index is 1.00. The second-order valence-electron chi connectivity index (χ2n) is 12.2. The van der Waals surface area contributed by atoms with Gasteiger partial charge in [-0.05, 0) is 98.1 Å². The molecule has 9 aromatic rings. The number of nitrogens with zero attached hydrogens (tertiary/aromatic N) is 1.